The number of piperidine rings is 1. The van der Waals surface area contributed by atoms with Crippen molar-refractivity contribution < 1.29 is 4.74 Å². The van der Waals surface area contributed by atoms with Crippen molar-refractivity contribution in [3.05, 3.63) is 0 Å². The average molecular weight is 228 g/mol. The minimum Gasteiger partial charge on any atom is -0.380 e. The third-order valence-corrected chi connectivity index (χ3v) is 3.67. The molecule has 1 aliphatic heterocycles. The zero-order valence-corrected chi connectivity index (χ0v) is 11.3. The third kappa shape index (κ3) is 4.04. The van der Waals surface area contributed by atoms with Crippen molar-refractivity contribution >= 4 is 0 Å². The van der Waals surface area contributed by atoms with Gasteiger partial charge in [-0.1, -0.05) is 13.8 Å². The van der Waals surface area contributed by atoms with Gasteiger partial charge >= 0.3 is 0 Å². The van der Waals surface area contributed by atoms with Crippen LogP contribution in [-0.4, -0.2) is 50.3 Å². The first kappa shape index (κ1) is 13.9. The van der Waals surface area contributed by atoms with Crippen LogP contribution in [0.4, 0.5) is 0 Å². The fourth-order valence-corrected chi connectivity index (χ4v) is 2.48. The molecule has 1 heterocycles. The summed E-state index contributed by atoms with van der Waals surface area (Å²) in [4.78, 5) is 2.61. The molecule has 0 aromatic heterocycles. The minimum absolute atomic E-state index is 0.595. The van der Waals surface area contributed by atoms with E-state index in [1.807, 2.05) is 0 Å². The lowest BCUT2D eigenvalue weighted by Gasteiger charge is -2.39. The van der Waals surface area contributed by atoms with Crippen molar-refractivity contribution in [2.45, 2.75) is 45.7 Å². The molecule has 1 atom stereocenters. The first-order valence-electron chi connectivity index (χ1n) is 6.68. The van der Waals surface area contributed by atoms with Crippen LogP contribution in [0.3, 0.4) is 0 Å². The summed E-state index contributed by atoms with van der Waals surface area (Å²) in [5.41, 5.74) is 0. The van der Waals surface area contributed by atoms with Gasteiger partial charge in [-0.2, -0.15) is 0 Å². The molecule has 16 heavy (non-hydrogen) atoms. The molecule has 0 saturated carbocycles. The highest BCUT2D eigenvalue weighted by molar-refractivity contribution is 4.82. The van der Waals surface area contributed by atoms with Crippen LogP contribution in [0.15, 0.2) is 0 Å². The Morgan fingerprint density at radius 1 is 1.31 bits per heavy atom. The number of hydrogen-bond acceptors (Lipinski definition) is 3. The fraction of sp³-hybridized carbons (Fsp3) is 1.00. The van der Waals surface area contributed by atoms with Crippen LogP contribution in [0.1, 0.15) is 33.6 Å². The van der Waals surface area contributed by atoms with Gasteiger partial charge in [0.05, 0.1) is 6.61 Å². The van der Waals surface area contributed by atoms with E-state index < -0.39 is 0 Å². The summed E-state index contributed by atoms with van der Waals surface area (Å²) in [6, 6.07) is 1.31. The third-order valence-electron chi connectivity index (χ3n) is 3.67. The number of hydrogen-bond donors (Lipinski definition) is 1. The van der Waals surface area contributed by atoms with E-state index in [1.165, 1.54) is 25.9 Å². The number of nitrogens with one attached hydrogen (secondary N) is 1. The Labute approximate surface area is 101 Å². The van der Waals surface area contributed by atoms with Gasteiger partial charge < -0.3 is 10.1 Å². The van der Waals surface area contributed by atoms with Crippen LogP contribution in [0.5, 0.6) is 0 Å². The normalized spacial score (nSPS) is 21.6. The van der Waals surface area contributed by atoms with Crippen LogP contribution in [0.2, 0.25) is 0 Å². The van der Waals surface area contributed by atoms with Crippen molar-refractivity contribution in [3.8, 4) is 0 Å². The monoisotopic (exact) mass is 228 g/mol. The number of nitrogens with zero attached hydrogens (tertiary/aromatic N) is 1. The van der Waals surface area contributed by atoms with Gasteiger partial charge in [-0.3, -0.25) is 4.90 Å². The summed E-state index contributed by atoms with van der Waals surface area (Å²) < 4.78 is 5.61. The fourth-order valence-electron chi connectivity index (χ4n) is 2.48. The first-order valence-corrected chi connectivity index (χ1v) is 6.68. The van der Waals surface area contributed by atoms with Gasteiger partial charge in [0.15, 0.2) is 0 Å². The van der Waals surface area contributed by atoms with Gasteiger partial charge in [0.25, 0.3) is 0 Å². The van der Waals surface area contributed by atoms with E-state index in [-0.39, 0.29) is 0 Å². The Balaban J connectivity index is 2.40. The highest BCUT2D eigenvalue weighted by Crippen LogP contribution is 2.18. The molecule has 1 aliphatic rings. The SMILES string of the molecule is CCOCC(C(C)C)N1CCC(NC)CC1. The van der Waals surface area contributed by atoms with E-state index in [2.05, 4.69) is 38.0 Å². The van der Waals surface area contributed by atoms with Crippen molar-refractivity contribution in [2.24, 2.45) is 5.92 Å². The standard InChI is InChI=1S/C13H28N2O/c1-5-16-10-13(11(2)3)15-8-6-12(14-4)7-9-15/h11-14H,5-10H2,1-4H3. The summed E-state index contributed by atoms with van der Waals surface area (Å²) in [6.45, 7) is 10.8. The highest BCUT2D eigenvalue weighted by Gasteiger charge is 2.26. The number of likely N-dealkylation sites (tertiary alicyclic amines) is 1. The summed E-state index contributed by atoms with van der Waals surface area (Å²) in [5.74, 6) is 0.678. The number of ether oxygens (including phenoxy) is 1. The van der Waals surface area contributed by atoms with Gasteiger partial charge in [-0.15, -0.1) is 0 Å². The molecule has 96 valence electrons. The molecule has 0 aromatic carbocycles. The lowest BCUT2D eigenvalue weighted by Crippen LogP contribution is -2.49. The zero-order chi connectivity index (χ0) is 12.0. The predicted molar refractivity (Wildman–Crippen MR) is 68.8 cm³/mol. The van der Waals surface area contributed by atoms with Crippen LogP contribution in [0.25, 0.3) is 0 Å². The maximum atomic E-state index is 5.61. The number of rotatable bonds is 6. The summed E-state index contributed by atoms with van der Waals surface area (Å²) in [5, 5.41) is 3.38. The summed E-state index contributed by atoms with van der Waals surface area (Å²) in [6.07, 6.45) is 2.54. The van der Waals surface area contributed by atoms with Gasteiger partial charge in [-0.25, -0.2) is 0 Å². The quantitative estimate of drug-likeness (QED) is 0.749. The predicted octanol–water partition coefficient (Wildman–Crippen LogP) is 1.73. The van der Waals surface area contributed by atoms with Crippen molar-refractivity contribution in [2.75, 3.05) is 33.4 Å². The molecule has 0 spiro atoms. The van der Waals surface area contributed by atoms with Crippen LogP contribution in [-0.2, 0) is 4.74 Å². The average Bonchev–Trinajstić information content (AvgIpc) is 2.30. The molecule has 1 fully saturated rings. The molecule has 1 saturated heterocycles. The second-order valence-electron chi connectivity index (χ2n) is 5.07. The van der Waals surface area contributed by atoms with E-state index in [1.54, 1.807) is 0 Å². The maximum absolute atomic E-state index is 5.61. The van der Waals surface area contributed by atoms with Crippen molar-refractivity contribution in [1.82, 2.24) is 10.2 Å². The molecular weight excluding hydrogens is 200 g/mol. The maximum Gasteiger partial charge on any atom is 0.0624 e. The van der Waals surface area contributed by atoms with Gasteiger partial charge in [-0.05, 0) is 32.7 Å². The van der Waals surface area contributed by atoms with E-state index in [4.69, 9.17) is 4.74 Å². The molecule has 0 bridgehead atoms. The lowest BCUT2D eigenvalue weighted by atomic mass is 9.98. The Hall–Kier alpha value is -0.120. The molecule has 3 heteroatoms. The lowest BCUT2D eigenvalue weighted by molar-refractivity contribution is 0.0305. The largest absolute Gasteiger partial charge is 0.380 e. The van der Waals surface area contributed by atoms with Crippen molar-refractivity contribution in [1.29, 1.82) is 0 Å². The topological polar surface area (TPSA) is 24.5 Å². The summed E-state index contributed by atoms with van der Waals surface area (Å²) in [7, 11) is 2.07. The molecule has 1 rings (SSSR count). The van der Waals surface area contributed by atoms with E-state index in [0.717, 1.165) is 19.3 Å². The molecule has 1 N–H and O–H groups in total. The molecule has 0 aromatic rings. The van der Waals surface area contributed by atoms with Crippen LogP contribution < -0.4 is 5.32 Å². The Morgan fingerprint density at radius 3 is 2.38 bits per heavy atom. The molecule has 3 nitrogen and oxygen atoms in total. The van der Waals surface area contributed by atoms with Gasteiger partial charge in [0.2, 0.25) is 0 Å². The Bertz CT molecular complexity index is 177. The minimum atomic E-state index is 0.595. The zero-order valence-electron chi connectivity index (χ0n) is 11.3. The molecular formula is C13H28N2O. The smallest absolute Gasteiger partial charge is 0.0624 e. The summed E-state index contributed by atoms with van der Waals surface area (Å²) >= 11 is 0. The molecule has 0 aliphatic carbocycles. The Morgan fingerprint density at radius 2 is 1.94 bits per heavy atom. The Kier molecular flexibility index (Phi) is 6.32. The second kappa shape index (κ2) is 7.25. The molecule has 1 unspecified atom stereocenters. The van der Waals surface area contributed by atoms with Crippen LogP contribution in [0, 0.1) is 5.92 Å². The van der Waals surface area contributed by atoms with E-state index >= 15 is 0 Å². The molecule has 0 amide bonds. The van der Waals surface area contributed by atoms with E-state index in [0.29, 0.717) is 12.0 Å². The second-order valence-corrected chi connectivity index (χ2v) is 5.07. The van der Waals surface area contributed by atoms with Crippen molar-refractivity contribution in [3.63, 3.8) is 0 Å². The molecule has 0 radical (unpaired) electrons. The van der Waals surface area contributed by atoms with Gasteiger partial charge in [0, 0.05) is 31.8 Å². The first-order chi connectivity index (χ1) is 7.69. The van der Waals surface area contributed by atoms with Gasteiger partial charge in [0.1, 0.15) is 0 Å². The van der Waals surface area contributed by atoms with Crippen LogP contribution >= 0.6 is 0 Å². The highest BCUT2D eigenvalue weighted by atomic mass is 16.5. The van der Waals surface area contributed by atoms with E-state index in [9.17, 15) is 0 Å².